The lowest BCUT2D eigenvalue weighted by atomic mass is 9.97. The Labute approximate surface area is 146 Å². The van der Waals surface area contributed by atoms with Crippen molar-refractivity contribution in [2.75, 3.05) is 24.5 Å². The van der Waals surface area contributed by atoms with Crippen molar-refractivity contribution in [2.45, 2.75) is 26.2 Å². The quantitative estimate of drug-likeness (QED) is 0.813. The number of halogens is 2. The van der Waals surface area contributed by atoms with Gasteiger partial charge in [0.2, 0.25) is 11.8 Å². The Morgan fingerprint density at radius 3 is 2.61 bits per heavy atom. The van der Waals surface area contributed by atoms with Gasteiger partial charge in [-0.1, -0.05) is 36.2 Å². The number of rotatable bonds is 2. The number of anilines is 1. The summed E-state index contributed by atoms with van der Waals surface area (Å²) in [6.45, 7) is 4.18. The van der Waals surface area contributed by atoms with Crippen molar-refractivity contribution in [2.24, 2.45) is 11.8 Å². The molecule has 0 N–H and O–H groups in total. The minimum Gasteiger partial charge on any atom is -0.342 e. The Bertz CT molecular complexity index is 627. The van der Waals surface area contributed by atoms with E-state index in [9.17, 15) is 9.59 Å². The zero-order valence-electron chi connectivity index (χ0n) is 13.1. The maximum absolute atomic E-state index is 12.7. The molecule has 2 aliphatic heterocycles. The molecule has 124 valence electrons. The van der Waals surface area contributed by atoms with Gasteiger partial charge < -0.3 is 9.80 Å². The van der Waals surface area contributed by atoms with Crippen molar-refractivity contribution in [3.05, 3.63) is 28.2 Å². The molecule has 2 heterocycles. The second-order valence-electron chi connectivity index (χ2n) is 6.49. The van der Waals surface area contributed by atoms with Gasteiger partial charge in [-0.2, -0.15) is 0 Å². The van der Waals surface area contributed by atoms with Gasteiger partial charge in [0, 0.05) is 26.1 Å². The summed E-state index contributed by atoms with van der Waals surface area (Å²) in [6, 6.07) is 5.21. The minimum absolute atomic E-state index is 0.0714. The predicted molar refractivity (Wildman–Crippen MR) is 91.9 cm³/mol. The highest BCUT2D eigenvalue weighted by Crippen LogP contribution is 2.36. The van der Waals surface area contributed by atoms with Crippen molar-refractivity contribution in [1.29, 1.82) is 0 Å². The first-order valence-corrected chi connectivity index (χ1v) is 8.76. The molecule has 1 atom stereocenters. The van der Waals surface area contributed by atoms with Crippen molar-refractivity contribution in [3.8, 4) is 0 Å². The summed E-state index contributed by atoms with van der Waals surface area (Å²) < 4.78 is 0. The van der Waals surface area contributed by atoms with Gasteiger partial charge in [0.05, 0.1) is 21.7 Å². The average molecular weight is 355 g/mol. The molecule has 0 bridgehead atoms. The highest BCUT2D eigenvalue weighted by molar-refractivity contribution is 6.44. The Kier molecular flexibility index (Phi) is 4.83. The minimum atomic E-state index is -0.286. The number of amides is 2. The van der Waals surface area contributed by atoms with Crippen LogP contribution in [0.15, 0.2) is 18.2 Å². The SMILES string of the molecule is CC1CCN(C(=O)C2CC(=O)N(c3cccc(Cl)c3Cl)C2)CC1. The number of hydrogen-bond acceptors (Lipinski definition) is 2. The zero-order chi connectivity index (χ0) is 16.6. The predicted octanol–water partition coefficient (Wildman–Crippen LogP) is 3.60. The third-order valence-electron chi connectivity index (χ3n) is 4.79. The second-order valence-corrected chi connectivity index (χ2v) is 7.27. The molecule has 23 heavy (non-hydrogen) atoms. The first kappa shape index (κ1) is 16.6. The van der Waals surface area contributed by atoms with Crippen molar-refractivity contribution in [3.63, 3.8) is 0 Å². The maximum Gasteiger partial charge on any atom is 0.228 e. The Hall–Kier alpha value is -1.26. The van der Waals surface area contributed by atoms with Crippen LogP contribution in [-0.2, 0) is 9.59 Å². The lowest BCUT2D eigenvalue weighted by Gasteiger charge is -2.32. The Morgan fingerprint density at radius 1 is 1.22 bits per heavy atom. The summed E-state index contributed by atoms with van der Waals surface area (Å²) in [4.78, 5) is 28.5. The number of carbonyl (C=O) groups excluding carboxylic acids is 2. The monoisotopic (exact) mass is 354 g/mol. The van der Waals surface area contributed by atoms with Crippen LogP contribution in [0.25, 0.3) is 0 Å². The van der Waals surface area contributed by atoms with E-state index in [4.69, 9.17) is 23.2 Å². The fourth-order valence-electron chi connectivity index (χ4n) is 3.29. The van der Waals surface area contributed by atoms with Crippen LogP contribution < -0.4 is 4.90 Å². The molecule has 2 amide bonds. The van der Waals surface area contributed by atoms with Gasteiger partial charge in [0.25, 0.3) is 0 Å². The summed E-state index contributed by atoms with van der Waals surface area (Å²) in [6.07, 6.45) is 2.32. The molecule has 2 aliphatic rings. The first-order valence-electron chi connectivity index (χ1n) is 8.00. The maximum atomic E-state index is 12.7. The Balaban J connectivity index is 1.72. The summed E-state index contributed by atoms with van der Waals surface area (Å²) in [5.41, 5.74) is 0.590. The molecule has 2 saturated heterocycles. The van der Waals surface area contributed by atoms with Gasteiger partial charge in [-0.3, -0.25) is 9.59 Å². The molecular formula is C17H20Cl2N2O2. The van der Waals surface area contributed by atoms with Crippen LogP contribution in [0.1, 0.15) is 26.2 Å². The van der Waals surface area contributed by atoms with E-state index >= 15 is 0 Å². The lowest BCUT2D eigenvalue weighted by Crippen LogP contribution is -2.42. The van der Waals surface area contributed by atoms with Crippen LogP contribution in [0, 0.1) is 11.8 Å². The molecule has 3 rings (SSSR count). The van der Waals surface area contributed by atoms with Gasteiger partial charge in [0.15, 0.2) is 0 Å². The lowest BCUT2D eigenvalue weighted by molar-refractivity contribution is -0.137. The second kappa shape index (κ2) is 6.70. The van der Waals surface area contributed by atoms with Crippen LogP contribution in [-0.4, -0.2) is 36.3 Å². The summed E-state index contributed by atoms with van der Waals surface area (Å²) >= 11 is 12.2. The van der Waals surface area contributed by atoms with E-state index in [-0.39, 0.29) is 24.2 Å². The molecule has 0 aliphatic carbocycles. The smallest absolute Gasteiger partial charge is 0.228 e. The third kappa shape index (κ3) is 3.33. The molecule has 0 saturated carbocycles. The fourth-order valence-corrected chi connectivity index (χ4v) is 3.69. The fraction of sp³-hybridized carbons (Fsp3) is 0.529. The van der Waals surface area contributed by atoms with Crippen molar-refractivity contribution in [1.82, 2.24) is 4.90 Å². The number of carbonyl (C=O) groups is 2. The number of benzene rings is 1. The summed E-state index contributed by atoms with van der Waals surface area (Å²) in [5.74, 6) is 0.403. The zero-order valence-corrected chi connectivity index (χ0v) is 14.6. The van der Waals surface area contributed by atoms with Gasteiger partial charge in [0.1, 0.15) is 0 Å². The van der Waals surface area contributed by atoms with E-state index in [1.54, 1.807) is 23.1 Å². The number of hydrogen-bond donors (Lipinski definition) is 0. The van der Waals surface area contributed by atoms with Gasteiger partial charge in [-0.15, -0.1) is 0 Å². The molecule has 6 heteroatoms. The summed E-state index contributed by atoms with van der Waals surface area (Å²) in [5, 5.41) is 0.777. The standard InChI is InChI=1S/C17H20Cl2N2O2/c1-11-5-7-20(8-6-11)17(23)12-9-15(22)21(10-12)14-4-2-3-13(18)16(14)19/h2-4,11-12H,5-10H2,1H3. The summed E-state index contributed by atoms with van der Waals surface area (Å²) in [7, 11) is 0. The first-order chi connectivity index (χ1) is 11.0. The highest BCUT2D eigenvalue weighted by Gasteiger charge is 2.38. The van der Waals surface area contributed by atoms with E-state index in [0.717, 1.165) is 25.9 Å². The van der Waals surface area contributed by atoms with Crippen LogP contribution >= 0.6 is 23.2 Å². The van der Waals surface area contributed by atoms with E-state index in [1.807, 2.05) is 4.90 Å². The molecule has 4 nitrogen and oxygen atoms in total. The van der Waals surface area contributed by atoms with Crippen LogP contribution in [0.2, 0.25) is 10.0 Å². The highest BCUT2D eigenvalue weighted by atomic mass is 35.5. The van der Waals surface area contributed by atoms with Gasteiger partial charge in [-0.25, -0.2) is 0 Å². The number of piperidine rings is 1. The van der Waals surface area contributed by atoms with Crippen molar-refractivity contribution < 1.29 is 9.59 Å². The average Bonchev–Trinajstić information content (AvgIpc) is 2.92. The molecular weight excluding hydrogens is 335 g/mol. The van der Waals surface area contributed by atoms with Crippen molar-refractivity contribution >= 4 is 40.7 Å². The normalized spacial score (nSPS) is 22.7. The van der Waals surface area contributed by atoms with Gasteiger partial charge in [-0.05, 0) is 30.9 Å². The van der Waals surface area contributed by atoms with Crippen LogP contribution in [0.3, 0.4) is 0 Å². The topological polar surface area (TPSA) is 40.6 Å². The molecule has 0 radical (unpaired) electrons. The molecule has 0 spiro atoms. The largest absolute Gasteiger partial charge is 0.342 e. The van der Waals surface area contributed by atoms with Crippen LogP contribution in [0.5, 0.6) is 0 Å². The molecule has 1 unspecified atom stereocenters. The molecule has 0 aromatic heterocycles. The molecule has 1 aromatic rings. The van der Waals surface area contributed by atoms with E-state index < -0.39 is 0 Å². The third-order valence-corrected chi connectivity index (χ3v) is 5.60. The van der Waals surface area contributed by atoms with Crippen LogP contribution in [0.4, 0.5) is 5.69 Å². The van der Waals surface area contributed by atoms with E-state index in [0.29, 0.717) is 28.2 Å². The number of nitrogens with zero attached hydrogens (tertiary/aromatic N) is 2. The molecule has 2 fully saturated rings. The van der Waals surface area contributed by atoms with E-state index in [1.165, 1.54) is 0 Å². The molecule has 1 aromatic carbocycles. The van der Waals surface area contributed by atoms with Gasteiger partial charge >= 0.3 is 0 Å². The number of likely N-dealkylation sites (tertiary alicyclic amines) is 1. The Morgan fingerprint density at radius 2 is 1.91 bits per heavy atom. The van der Waals surface area contributed by atoms with E-state index in [2.05, 4.69) is 6.92 Å².